The number of amides is 1. The number of hydrogen-bond acceptors (Lipinski definition) is 3. The zero-order chi connectivity index (χ0) is 16.3. The summed E-state index contributed by atoms with van der Waals surface area (Å²) in [4.78, 5) is 14.8. The van der Waals surface area contributed by atoms with Gasteiger partial charge in [0.25, 0.3) is 0 Å². The minimum atomic E-state index is 0.183. The largest absolute Gasteiger partial charge is 0.496 e. The molecule has 2 unspecified atom stereocenters. The van der Waals surface area contributed by atoms with E-state index in [0.29, 0.717) is 18.5 Å². The number of ether oxygens (including phenoxy) is 2. The number of hydrogen-bond donors (Lipinski definition) is 0. The van der Waals surface area contributed by atoms with Crippen molar-refractivity contribution in [3.05, 3.63) is 23.3 Å². The number of benzene rings is 1. The van der Waals surface area contributed by atoms with Gasteiger partial charge in [-0.2, -0.15) is 0 Å². The molecule has 1 saturated heterocycles. The van der Waals surface area contributed by atoms with Crippen LogP contribution >= 0.6 is 0 Å². The van der Waals surface area contributed by atoms with Crippen molar-refractivity contribution >= 4 is 5.91 Å². The maximum absolute atomic E-state index is 12.8. The van der Waals surface area contributed by atoms with E-state index in [9.17, 15) is 4.79 Å². The third-order valence-corrected chi connectivity index (χ3v) is 4.68. The molecule has 0 bridgehead atoms. The predicted molar refractivity (Wildman–Crippen MR) is 87.6 cm³/mol. The van der Waals surface area contributed by atoms with Crippen molar-refractivity contribution in [2.45, 2.75) is 58.5 Å². The number of likely N-dealkylation sites (tertiary alicyclic amines) is 1. The molecule has 22 heavy (non-hydrogen) atoms. The van der Waals surface area contributed by atoms with Gasteiger partial charge < -0.3 is 14.4 Å². The molecule has 1 aliphatic heterocycles. The number of piperidine rings is 1. The Kier molecular flexibility index (Phi) is 5.33. The minimum Gasteiger partial charge on any atom is -0.496 e. The third kappa shape index (κ3) is 3.21. The Labute approximate surface area is 133 Å². The fourth-order valence-electron chi connectivity index (χ4n) is 3.54. The Morgan fingerprint density at radius 3 is 2.36 bits per heavy atom. The van der Waals surface area contributed by atoms with E-state index in [0.717, 1.165) is 35.5 Å². The monoisotopic (exact) mass is 305 g/mol. The molecule has 0 aliphatic carbocycles. The second kappa shape index (κ2) is 7.03. The number of carbonyl (C=O) groups is 1. The van der Waals surface area contributed by atoms with E-state index in [-0.39, 0.29) is 5.91 Å². The first kappa shape index (κ1) is 16.7. The predicted octanol–water partition coefficient (Wildman–Crippen LogP) is 3.34. The van der Waals surface area contributed by atoms with E-state index in [1.54, 1.807) is 14.2 Å². The second-order valence-electron chi connectivity index (χ2n) is 6.19. The Balaban J connectivity index is 2.23. The van der Waals surface area contributed by atoms with Crippen molar-refractivity contribution in [2.75, 3.05) is 14.2 Å². The molecule has 1 heterocycles. The summed E-state index contributed by atoms with van der Waals surface area (Å²) in [5, 5.41) is 0. The van der Waals surface area contributed by atoms with Crippen molar-refractivity contribution in [3.8, 4) is 11.5 Å². The molecule has 0 saturated carbocycles. The number of rotatable bonds is 4. The lowest BCUT2D eigenvalue weighted by atomic mass is 9.96. The van der Waals surface area contributed by atoms with Gasteiger partial charge in [-0.05, 0) is 46.1 Å². The van der Waals surface area contributed by atoms with Crippen LogP contribution in [0.4, 0.5) is 0 Å². The highest BCUT2D eigenvalue weighted by atomic mass is 16.5. The van der Waals surface area contributed by atoms with E-state index in [2.05, 4.69) is 13.8 Å². The molecular formula is C18H27NO3. The highest BCUT2D eigenvalue weighted by Crippen LogP contribution is 2.32. The van der Waals surface area contributed by atoms with E-state index >= 15 is 0 Å². The molecule has 122 valence electrons. The first-order chi connectivity index (χ1) is 10.5. The quantitative estimate of drug-likeness (QED) is 0.856. The summed E-state index contributed by atoms with van der Waals surface area (Å²) in [5.74, 6) is 1.72. The van der Waals surface area contributed by atoms with Crippen LogP contribution < -0.4 is 9.47 Å². The van der Waals surface area contributed by atoms with Crippen LogP contribution in [0, 0.1) is 6.92 Å². The fourth-order valence-corrected chi connectivity index (χ4v) is 3.54. The van der Waals surface area contributed by atoms with Gasteiger partial charge in [0.15, 0.2) is 0 Å². The van der Waals surface area contributed by atoms with Crippen molar-refractivity contribution < 1.29 is 14.3 Å². The van der Waals surface area contributed by atoms with E-state index in [1.165, 1.54) is 6.42 Å². The van der Waals surface area contributed by atoms with Crippen LogP contribution in [0.3, 0.4) is 0 Å². The summed E-state index contributed by atoms with van der Waals surface area (Å²) < 4.78 is 10.8. The first-order valence-corrected chi connectivity index (χ1v) is 8.01. The van der Waals surface area contributed by atoms with Crippen LogP contribution in [0.25, 0.3) is 0 Å². The zero-order valence-electron chi connectivity index (χ0n) is 14.3. The lowest BCUT2D eigenvalue weighted by Crippen LogP contribution is -2.48. The molecule has 2 rings (SSSR count). The topological polar surface area (TPSA) is 38.8 Å². The Morgan fingerprint density at radius 2 is 1.82 bits per heavy atom. The van der Waals surface area contributed by atoms with E-state index in [4.69, 9.17) is 9.47 Å². The van der Waals surface area contributed by atoms with Gasteiger partial charge in [0, 0.05) is 23.2 Å². The van der Waals surface area contributed by atoms with Crippen molar-refractivity contribution in [3.63, 3.8) is 0 Å². The van der Waals surface area contributed by atoms with Gasteiger partial charge in [0.2, 0.25) is 5.91 Å². The average molecular weight is 305 g/mol. The molecule has 1 aromatic rings. The van der Waals surface area contributed by atoms with Crippen LogP contribution in [0.1, 0.15) is 44.2 Å². The second-order valence-corrected chi connectivity index (χ2v) is 6.19. The molecular weight excluding hydrogens is 278 g/mol. The van der Waals surface area contributed by atoms with Crippen LogP contribution in [0.5, 0.6) is 11.5 Å². The molecule has 1 aliphatic rings. The van der Waals surface area contributed by atoms with Crippen LogP contribution in [0.2, 0.25) is 0 Å². The third-order valence-electron chi connectivity index (χ3n) is 4.68. The van der Waals surface area contributed by atoms with Gasteiger partial charge in [-0.25, -0.2) is 0 Å². The Bertz CT molecular complexity index is 531. The summed E-state index contributed by atoms with van der Waals surface area (Å²) >= 11 is 0. The van der Waals surface area contributed by atoms with Crippen molar-refractivity contribution in [2.24, 2.45) is 0 Å². The lowest BCUT2D eigenvalue weighted by molar-refractivity contribution is -0.136. The molecule has 0 N–H and O–H groups in total. The van der Waals surface area contributed by atoms with Gasteiger partial charge in [-0.1, -0.05) is 6.07 Å². The maximum Gasteiger partial charge on any atom is 0.227 e. The SMILES string of the molecule is COc1ccc(CC(=O)N2C(C)CCCC2C)c(OC)c1C. The highest BCUT2D eigenvalue weighted by Gasteiger charge is 2.29. The average Bonchev–Trinajstić information content (AvgIpc) is 2.47. The summed E-state index contributed by atoms with van der Waals surface area (Å²) in [5.41, 5.74) is 1.87. The van der Waals surface area contributed by atoms with Gasteiger partial charge in [0.1, 0.15) is 11.5 Å². The fraction of sp³-hybridized carbons (Fsp3) is 0.611. The van der Waals surface area contributed by atoms with Crippen molar-refractivity contribution in [1.82, 2.24) is 4.90 Å². The van der Waals surface area contributed by atoms with Crippen LogP contribution in [-0.2, 0) is 11.2 Å². The first-order valence-electron chi connectivity index (χ1n) is 8.01. The number of carbonyl (C=O) groups excluding carboxylic acids is 1. The van der Waals surface area contributed by atoms with E-state index < -0.39 is 0 Å². The molecule has 4 nitrogen and oxygen atoms in total. The Hall–Kier alpha value is -1.71. The van der Waals surface area contributed by atoms with Gasteiger partial charge in [-0.3, -0.25) is 4.79 Å². The summed E-state index contributed by atoms with van der Waals surface area (Å²) in [6.07, 6.45) is 3.77. The molecule has 1 fully saturated rings. The smallest absolute Gasteiger partial charge is 0.227 e. The summed E-state index contributed by atoms with van der Waals surface area (Å²) in [6.45, 7) is 6.24. The molecule has 2 atom stereocenters. The molecule has 4 heteroatoms. The minimum absolute atomic E-state index is 0.183. The maximum atomic E-state index is 12.8. The Morgan fingerprint density at radius 1 is 1.18 bits per heavy atom. The molecule has 1 aromatic carbocycles. The van der Waals surface area contributed by atoms with Gasteiger partial charge in [0.05, 0.1) is 20.6 Å². The molecule has 0 aromatic heterocycles. The summed E-state index contributed by atoms with van der Waals surface area (Å²) in [7, 11) is 3.28. The summed E-state index contributed by atoms with van der Waals surface area (Å²) in [6, 6.07) is 4.48. The molecule has 1 amide bonds. The van der Waals surface area contributed by atoms with Crippen LogP contribution in [0.15, 0.2) is 12.1 Å². The number of nitrogens with zero attached hydrogens (tertiary/aromatic N) is 1. The zero-order valence-corrected chi connectivity index (χ0v) is 14.3. The van der Waals surface area contributed by atoms with Gasteiger partial charge >= 0.3 is 0 Å². The number of methoxy groups -OCH3 is 2. The lowest BCUT2D eigenvalue weighted by Gasteiger charge is -2.39. The van der Waals surface area contributed by atoms with Crippen LogP contribution in [-0.4, -0.2) is 37.1 Å². The standard InChI is InChI=1S/C18H27NO3/c1-12-7-6-8-13(2)19(12)17(20)11-15-9-10-16(21-4)14(3)18(15)22-5/h9-10,12-13H,6-8,11H2,1-5H3. The van der Waals surface area contributed by atoms with E-state index in [1.807, 2.05) is 24.0 Å². The normalized spacial score (nSPS) is 21.6. The van der Waals surface area contributed by atoms with Gasteiger partial charge in [-0.15, -0.1) is 0 Å². The highest BCUT2D eigenvalue weighted by molar-refractivity contribution is 5.80. The van der Waals surface area contributed by atoms with Crippen molar-refractivity contribution in [1.29, 1.82) is 0 Å². The molecule has 0 spiro atoms. The molecule has 0 radical (unpaired) electrons.